The van der Waals surface area contributed by atoms with Crippen molar-refractivity contribution in [1.29, 1.82) is 5.26 Å². The minimum atomic E-state index is -0.635. The Hall–Kier alpha value is -1.55. The van der Waals surface area contributed by atoms with E-state index in [4.69, 9.17) is 5.26 Å². The summed E-state index contributed by atoms with van der Waals surface area (Å²) in [5.41, 5.74) is 0. The molecule has 0 unspecified atom stereocenters. The molecule has 1 saturated heterocycles. The summed E-state index contributed by atoms with van der Waals surface area (Å²) in [5, 5.41) is 12.4. The van der Waals surface area contributed by atoms with Crippen molar-refractivity contribution in [2.75, 3.05) is 12.4 Å². The van der Waals surface area contributed by atoms with Crippen LogP contribution in [0.2, 0.25) is 0 Å². The summed E-state index contributed by atoms with van der Waals surface area (Å²) in [4.78, 5) is 33.4. The number of rotatable bonds is 5. The predicted octanol–water partition coefficient (Wildman–Crippen LogP) is -0.408. The predicted molar refractivity (Wildman–Crippen MR) is 55.2 cm³/mol. The maximum Gasteiger partial charge on any atom is 0.328 e. The molecule has 0 aliphatic carbocycles. The molecule has 86 valence electrons. The number of cyclic esters (lactones) is 1. The second-order valence-electron chi connectivity index (χ2n) is 3.17. The Labute approximate surface area is 96.3 Å². The average Bonchev–Trinajstić information content (AvgIpc) is 2.61. The molecule has 1 fully saturated rings. The number of nitrogens with one attached hydrogen (secondary N) is 1. The molecular formula is C9H10N2O4S. The van der Waals surface area contributed by atoms with Crippen molar-refractivity contribution in [3.63, 3.8) is 0 Å². The number of carbonyl (C=O) groups is 3. The Morgan fingerprint density at radius 3 is 2.94 bits per heavy atom. The number of thiocyanates is 1. The molecule has 1 rings (SSSR count). The minimum absolute atomic E-state index is 0.0148. The molecule has 0 spiro atoms. The quantitative estimate of drug-likeness (QED) is 0.400. The number of amides is 1. The molecule has 16 heavy (non-hydrogen) atoms. The van der Waals surface area contributed by atoms with E-state index in [0.717, 1.165) is 11.8 Å². The van der Waals surface area contributed by atoms with Crippen LogP contribution in [0, 0.1) is 10.7 Å². The maximum atomic E-state index is 11.3. The second kappa shape index (κ2) is 6.12. The molecule has 0 aromatic carbocycles. The van der Waals surface area contributed by atoms with Crippen molar-refractivity contribution in [2.45, 2.75) is 18.9 Å². The van der Waals surface area contributed by atoms with Gasteiger partial charge in [-0.05, 0) is 11.8 Å². The highest BCUT2D eigenvalue weighted by atomic mass is 32.2. The maximum absolute atomic E-state index is 11.3. The van der Waals surface area contributed by atoms with Crippen LogP contribution < -0.4 is 5.32 Å². The van der Waals surface area contributed by atoms with E-state index < -0.39 is 17.9 Å². The summed E-state index contributed by atoms with van der Waals surface area (Å²) < 4.78 is 4.65. The Morgan fingerprint density at radius 1 is 1.62 bits per heavy atom. The average molecular weight is 242 g/mol. The van der Waals surface area contributed by atoms with E-state index in [2.05, 4.69) is 10.1 Å². The number of Topliss-reactive ketones (excluding diaryl/α,β-unsaturated/α-hetero) is 1. The van der Waals surface area contributed by atoms with Gasteiger partial charge in [0.05, 0.1) is 18.8 Å². The normalized spacial score (nSPS) is 18.7. The van der Waals surface area contributed by atoms with Crippen LogP contribution in [0.1, 0.15) is 12.8 Å². The fourth-order valence-corrected chi connectivity index (χ4v) is 1.54. The number of hydrogen-bond donors (Lipinski definition) is 1. The first kappa shape index (κ1) is 12.5. The van der Waals surface area contributed by atoms with Gasteiger partial charge in [-0.1, -0.05) is 0 Å². The summed E-state index contributed by atoms with van der Waals surface area (Å²) in [6.45, 7) is 0.294. The lowest BCUT2D eigenvalue weighted by Crippen LogP contribution is -2.38. The number of ether oxygens (including phenoxy) is 1. The van der Waals surface area contributed by atoms with E-state index in [1.165, 1.54) is 0 Å². The molecule has 1 amide bonds. The van der Waals surface area contributed by atoms with Gasteiger partial charge in [-0.15, -0.1) is 0 Å². The van der Waals surface area contributed by atoms with Crippen molar-refractivity contribution < 1.29 is 19.1 Å². The zero-order valence-electron chi connectivity index (χ0n) is 8.39. The van der Waals surface area contributed by atoms with E-state index in [9.17, 15) is 14.4 Å². The third-order valence-electron chi connectivity index (χ3n) is 1.93. The van der Waals surface area contributed by atoms with Gasteiger partial charge in [-0.25, -0.2) is 4.79 Å². The number of nitrogens with zero attached hydrogens (tertiary/aromatic N) is 1. The Morgan fingerprint density at radius 2 is 2.38 bits per heavy atom. The number of nitriles is 1. The summed E-state index contributed by atoms with van der Waals surface area (Å²) >= 11 is 0.786. The standard InChI is InChI=1S/C9H10N2O4S/c10-5-16-4-6(12)3-8(13)11-7-1-2-15-9(7)14/h7H,1-4H2,(H,11,13)/t7-/m0/s1. The van der Waals surface area contributed by atoms with Gasteiger partial charge in [0.25, 0.3) is 0 Å². The molecule has 1 atom stereocenters. The highest BCUT2D eigenvalue weighted by molar-refractivity contribution is 8.04. The van der Waals surface area contributed by atoms with Crippen LogP contribution in [-0.2, 0) is 19.1 Å². The van der Waals surface area contributed by atoms with Crippen LogP contribution in [0.25, 0.3) is 0 Å². The van der Waals surface area contributed by atoms with E-state index in [-0.39, 0.29) is 18.0 Å². The fourth-order valence-electron chi connectivity index (χ4n) is 1.22. The molecule has 0 aromatic rings. The summed E-state index contributed by atoms with van der Waals surface area (Å²) in [5.74, 6) is -1.33. The van der Waals surface area contributed by atoms with E-state index in [1.807, 2.05) is 0 Å². The van der Waals surface area contributed by atoms with Crippen LogP contribution in [-0.4, -0.2) is 36.1 Å². The van der Waals surface area contributed by atoms with Gasteiger partial charge in [0.2, 0.25) is 5.91 Å². The molecular weight excluding hydrogens is 232 g/mol. The molecule has 1 aliphatic rings. The van der Waals surface area contributed by atoms with Gasteiger partial charge in [0, 0.05) is 6.42 Å². The topological polar surface area (TPSA) is 96.3 Å². The lowest BCUT2D eigenvalue weighted by Gasteiger charge is -2.07. The van der Waals surface area contributed by atoms with E-state index >= 15 is 0 Å². The first-order valence-corrected chi connectivity index (χ1v) is 5.60. The molecule has 0 saturated carbocycles. The molecule has 1 N–H and O–H groups in total. The van der Waals surface area contributed by atoms with E-state index in [1.54, 1.807) is 5.40 Å². The highest BCUT2D eigenvalue weighted by Crippen LogP contribution is 2.06. The summed E-state index contributed by atoms with van der Waals surface area (Å²) in [6, 6.07) is -0.635. The molecule has 0 bridgehead atoms. The largest absolute Gasteiger partial charge is 0.464 e. The van der Waals surface area contributed by atoms with Gasteiger partial charge in [0.15, 0.2) is 5.78 Å². The fraction of sp³-hybridized carbons (Fsp3) is 0.556. The highest BCUT2D eigenvalue weighted by Gasteiger charge is 2.28. The number of carbonyl (C=O) groups excluding carboxylic acids is 3. The van der Waals surface area contributed by atoms with Gasteiger partial charge in [0.1, 0.15) is 11.4 Å². The molecule has 1 heterocycles. The van der Waals surface area contributed by atoms with E-state index in [0.29, 0.717) is 13.0 Å². The van der Waals surface area contributed by atoms with Crippen molar-refractivity contribution in [3.05, 3.63) is 0 Å². The zero-order chi connectivity index (χ0) is 12.0. The molecule has 7 heteroatoms. The number of ketones is 1. The van der Waals surface area contributed by atoms with Crippen LogP contribution in [0.3, 0.4) is 0 Å². The first-order valence-electron chi connectivity index (χ1n) is 4.62. The third-order valence-corrected chi connectivity index (χ3v) is 2.52. The van der Waals surface area contributed by atoms with Crippen molar-refractivity contribution in [1.82, 2.24) is 5.32 Å². The SMILES string of the molecule is N#CSCC(=O)CC(=O)N[C@H]1CCOC1=O. The number of thioether (sulfide) groups is 1. The van der Waals surface area contributed by atoms with Gasteiger partial charge in [-0.3, -0.25) is 9.59 Å². The first-order chi connectivity index (χ1) is 7.63. The molecule has 0 aromatic heterocycles. The van der Waals surface area contributed by atoms with Crippen LogP contribution in [0.4, 0.5) is 0 Å². The van der Waals surface area contributed by atoms with Crippen molar-refractivity contribution >= 4 is 29.4 Å². The Kier molecular flexibility index (Phi) is 4.79. The molecule has 6 nitrogen and oxygen atoms in total. The third kappa shape index (κ3) is 3.90. The van der Waals surface area contributed by atoms with Gasteiger partial charge in [-0.2, -0.15) is 5.26 Å². The Bertz CT molecular complexity index is 350. The smallest absolute Gasteiger partial charge is 0.328 e. The number of esters is 1. The zero-order valence-corrected chi connectivity index (χ0v) is 9.21. The lowest BCUT2D eigenvalue weighted by molar-refractivity contribution is -0.141. The monoisotopic (exact) mass is 242 g/mol. The number of hydrogen-bond acceptors (Lipinski definition) is 6. The van der Waals surface area contributed by atoms with Crippen LogP contribution in [0.15, 0.2) is 0 Å². The van der Waals surface area contributed by atoms with Crippen LogP contribution in [0.5, 0.6) is 0 Å². The van der Waals surface area contributed by atoms with Gasteiger partial charge < -0.3 is 10.1 Å². The minimum Gasteiger partial charge on any atom is -0.464 e. The molecule has 1 aliphatic heterocycles. The molecule has 0 radical (unpaired) electrons. The van der Waals surface area contributed by atoms with Crippen molar-refractivity contribution in [3.8, 4) is 5.40 Å². The Balaban J connectivity index is 2.28. The summed E-state index contributed by atoms with van der Waals surface area (Å²) in [6.07, 6.45) is 0.129. The second-order valence-corrected chi connectivity index (χ2v) is 3.93. The van der Waals surface area contributed by atoms with Gasteiger partial charge >= 0.3 is 5.97 Å². The van der Waals surface area contributed by atoms with Crippen molar-refractivity contribution in [2.24, 2.45) is 0 Å². The summed E-state index contributed by atoms with van der Waals surface area (Å²) in [7, 11) is 0. The lowest BCUT2D eigenvalue weighted by atomic mass is 10.2. The van der Waals surface area contributed by atoms with Crippen LogP contribution >= 0.6 is 11.8 Å².